The average Bonchev–Trinajstić information content (AvgIpc) is 1.79. The predicted molar refractivity (Wildman–Crippen MR) is 37.1 cm³/mol. The minimum Gasteiger partial charge on any atom is -0.355 e. The summed E-state index contributed by atoms with van der Waals surface area (Å²) >= 11 is 0. The van der Waals surface area contributed by atoms with Crippen molar-refractivity contribution in [1.82, 2.24) is 10.6 Å². The Bertz CT molecular complexity index is 118. The van der Waals surface area contributed by atoms with Gasteiger partial charge in [-0.05, 0) is 0 Å². The monoisotopic (exact) mass is 143 g/mol. The molecule has 0 aromatic heterocycles. The molecule has 0 fully saturated rings. The lowest BCUT2D eigenvalue weighted by atomic mass is 10.5. The zero-order valence-corrected chi connectivity index (χ0v) is 5.94. The topological polar surface area (TPSA) is 58.2 Å². The normalized spacial score (nSPS) is 8.60. The zero-order valence-electron chi connectivity index (χ0n) is 5.94. The zero-order chi connectivity index (χ0) is 7.98. The first-order chi connectivity index (χ1) is 4.63. The Labute approximate surface area is 60.0 Å². The maximum absolute atomic E-state index is 10.2. The Hall–Kier alpha value is -1.06. The van der Waals surface area contributed by atoms with Gasteiger partial charge in [-0.25, -0.2) is 0 Å². The van der Waals surface area contributed by atoms with E-state index in [0.29, 0.717) is 13.1 Å². The van der Waals surface area contributed by atoms with Gasteiger partial charge in [0.25, 0.3) is 0 Å². The van der Waals surface area contributed by atoms with Gasteiger partial charge in [-0.15, -0.1) is 0 Å². The summed E-state index contributed by atoms with van der Waals surface area (Å²) in [5, 5.41) is 4.96. The van der Waals surface area contributed by atoms with Crippen LogP contribution in [-0.4, -0.2) is 24.9 Å². The highest BCUT2D eigenvalue weighted by Crippen LogP contribution is 1.61. The van der Waals surface area contributed by atoms with Crippen LogP contribution in [0.5, 0.6) is 0 Å². The summed E-state index contributed by atoms with van der Waals surface area (Å²) in [5.41, 5.74) is 0. The number of hydrogen-bond donors (Lipinski definition) is 2. The maximum atomic E-state index is 10.2. The van der Waals surface area contributed by atoms with Gasteiger partial charge in [0.05, 0.1) is 0 Å². The van der Waals surface area contributed by atoms with Crippen LogP contribution < -0.4 is 10.6 Å². The number of amides is 2. The smallest absolute Gasteiger partial charge is 0.220 e. The highest BCUT2D eigenvalue weighted by atomic mass is 16.2. The molecule has 10 heavy (non-hydrogen) atoms. The van der Waals surface area contributed by atoms with Gasteiger partial charge < -0.3 is 10.6 Å². The Morgan fingerprint density at radius 3 is 2.20 bits per heavy atom. The summed E-state index contributed by atoms with van der Waals surface area (Å²) in [6.45, 7) is 5.40. The molecule has 0 rings (SSSR count). The van der Waals surface area contributed by atoms with E-state index in [2.05, 4.69) is 17.6 Å². The SMILES string of the molecule is [CH2]C(=O)NCCNC(C)=O. The summed E-state index contributed by atoms with van der Waals surface area (Å²) in [7, 11) is 0. The standard InChI is InChI=1S/C6H11N2O2/c1-5(9)7-3-4-8-6(2)10/h1,3-4H2,2H3,(H,7,9)(H,8,10). The van der Waals surface area contributed by atoms with Crippen LogP contribution in [-0.2, 0) is 9.59 Å². The van der Waals surface area contributed by atoms with E-state index in [-0.39, 0.29) is 11.8 Å². The third-order valence-electron chi connectivity index (χ3n) is 0.821. The lowest BCUT2D eigenvalue weighted by Crippen LogP contribution is -2.32. The second kappa shape index (κ2) is 4.78. The first kappa shape index (κ1) is 8.94. The van der Waals surface area contributed by atoms with Crippen LogP contribution in [0.1, 0.15) is 6.92 Å². The molecule has 0 unspecified atom stereocenters. The number of hydrogen-bond acceptors (Lipinski definition) is 2. The molecule has 2 N–H and O–H groups in total. The summed E-state index contributed by atoms with van der Waals surface area (Å²) < 4.78 is 0. The molecule has 0 aromatic rings. The fraction of sp³-hybridized carbons (Fsp3) is 0.500. The molecular weight excluding hydrogens is 132 g/mol. The number of carbonyl (C=O) groups excluding carboxylic acids is 2. The molecular formula is C6H11N2O2. The van der Waals surface area contributed by atoms with Gasteiger partial charge in [-0.2, -0.15) is 0 Å². The maximum Gasteiger partial charge on any atom is 0.220 e. The molecule has 0 aliphatic heterocycles. The van der Waals surface area contributed by atoms with Gasteiger partial charge in [-0.3, -0.25) is 9.59 Å². The van der Waals surface area contributed by atoms with Gasteiger partial charge in [0.15, 0.2) is 0 Å². The second-order valence-corrected chi connectivity index (χ2v) is 1.83. The largest absolute Gasteiger partial charge is 0.355 e. The molecule has 0 heterocycles. The van der Waals surface area contributed by atoms with E-state index in [1.54, 1.807) is 0 Å². The van der Waals surface area contributed by atoms with Crippen LogP contribution >= 0.6 is 0 Å². The third-order valence-corrected chi connectivity index (χ3v) is 0.821. The van der Waals surface area contributed by atoms with E-state index in [1.165, 1.54) is 6.92 Å². The van der Waals surface area contributed by atoms with Gasteiger partial charge in [-0.1, -0.05) is 0 Å². The molecule has 0 bridgehead atoms. The van der Waals surface area contributed by atoms with Gasteiger partial charge in [0.2, 0.25) is 11.8 Å². The third kappa shape index (κ3) is 6.94. The van der Waals surface area contributed by atoms with Gasteiger partial charge in [0.1, 0.15) is 0 Å². The van der Waals surface area contributed by atoms with E-state index in [4.69, 9.17) is 0 Å². The molecule has 1 radical (unpaired) electrons. The van der Waals surface area contributed by atoms with Crippen LogP contribution in [0.25, 0.3) is 0 Å². The van der Waals surface area contributed by atoms with Crippen molar-refractivity contribution in [1.29, 1.82) is 0 Å². The van der Waals surface area contributed by atoms with Crippen LogP contribution in [0, 0.1) is 6.92 Å². The first-order valence-corrected chi connectivity index (χ1v) is 2.97. The highest BCUT2D eigenvalue weighted by Gasteiger charge is 1.90. The Kier molecular flexibility index (Phi) is 4.28. The number of nitrogens with one attached hydrogen (secondary N) is 2. The fourth-order valence-electron chi connectivity index (χ4n) is 0.440. The number of rotatable bonds is 3. The first-order valence-electron chi connectivity index (χ1n) is 2.97. The molecule has 0 spiro atoms. The van der Waals surface area contributed by atoms with Crippen molar-refractivity contribution in [2.24, 2.45) is 0 Å². The van der Waals surface area contributed by atoms with E-state index < -0.39 is 0 Å². The van der Waals surface area contributed by atoms with Crippen molar-refractivity contribution in [2.75, 3.05) is 13.1 Å². The molecule has 2 amide bonds. The molecule has 0 saturated carbocycles. The molecule has 57 valence electrons. The molecule has 0 atom stereocenters. The summed E-state index contributed by atoms with van der Waals surface area (Å²) in [5.74, 6) is -0.427. The summed E-state index contributed by atoms with van der Waals surface area (Å²) in [6, 6.07) is 0. The van der Waals surface area contributed by atoms with Crippen LogP contribution in [0.3, 0.4) is 0 Å². The quantitative estimate of drug-likeness (QED) is 0.501. The lowest BCUT2D eigenvalue weighted by molar-refractivity contribution is -0.119. The Balaban J connectivity index is 3.06. The lowest BCUT2D eigenvalue weighted by Gasteiger charge is -2.01. The van der Waals surface area contributed by atoms with Crippen molar-refractivity contribution < 1.29 is 9.59 Å². The minimum atomic E-state index is -0.328. The van der Waals surface area contributed by atoms with E-state index in [1.807, 2.05) is 0 Å². The Morgan fingerprint density at radius 1 is 1.30 bits per heavy atom. The average molecular weight is 143 g/mol. The predicted octanol–water partition coefficient (Wildman–Crippen LogP) is -0.927. The molecule has 0 aliphatic carbocycles. The Morgan fingerprint density at radius 2 is 1.80 bits per heavy atom. The molecule has 4 nitrogen and oxygen atoms in total. The fourth-order valence-corrected chi connectivity index (χ4v) is 0.440. The van der Waals surface area contributed by atoms with Crippen molar-refractivity contribution in [3.05, 3.63) is 6.92 Å². The van der Waals surface area contributed by atoms with Gasteiger partial charge >= 0.3 is 0 Å². The molecule has 0 aliphatic rings. The van der Waals surface area contributed by atoms with Crippen molar-refractivity contribution in [3.63, 3.8) is 0 Å². The van der Waals surface area contributed by atoms with Crippen molar-refractivity contribution in [2.45, 2.75) is 6.92 Å². The summed E-state index contributed by atoms with van der Waals surface area (Å²) in [4.78, 5) is 20.4. The molecule has 0 aromatic carbocycles. The highest BCUT2D eigenvalue weighted by molar-refractivity contribution is 5.80. The molecule has 4 heteroatoms. The van der Waals surface area contributed by atoms with Crippen LogP contribution in [0.2, 0.25) is 0 Å². The molecule has 0 saturated heterocycles. The van der Waals surface area contributed by atoms with Crippen molar-refractivity contribution in [3.8, 4) is 0 Å². The minimum absolute atomic E-state index is 0.0988. The van der Waals surface area contributed by atoms with E-state index in [9.17, 15) is 9.59 Å². The van der Waals surface area contributed by atoms with Crippen LogP contribution in [0.15, 0.2) is 0 Å². The van der Waals surface area contributed by atoms with E-state index in [0.717, 1.165) is 0 Å². The van der Waals surface area contributed by atoms with Crippen LogP contribution in [0.4, 0.5) is 0 Å². The number of carbonyl (C=O) groups is 2. The van der Waals surface area contributed by atoms with E-state index >= 15 is 0 Å². The van der Waals surface area contributed by atoms with Gasteiger partial charge in [0, 0.05) is 26.9 Å². The summed E-state index contributed by atoms with van der Waals surface area (Å²) in [6.07, 6.45) is 0. The second-order valence-electron chi connectivity index (χ2n) is 1.83. The van der Waals surface area contributed by atoms with Crippen molar-refractivity contribution >= 4 is 11.8 Å².